The second-order valence-electron chi connectivity index (χ2n) is 2.64. The van der Waals surface area contributed by atoms with E-state index in [4.69, 9.17) is 0 Å². The number of halogens is 3. The summed E-state index contributed by atoms with van der Waals surface area (Å²) in [5.41, 5.74) is 0.678. The Morgan fingerprint density at radius 1 is 1.43 bits per heavy atom. The first-order chi connectivity index (χ1) is 6.63. The minimum absolute atomic E-state index is 0.431. The average molecular weight is 202 g/mol. The van der Waals surface area contributed by atoms with E-state index in [9.17, 15) is 13.2 Å². The highest BCUT2D eigenvalue weighted by molar-refractivity contribution is 5.31. The van der Waals surface area contributed by atoms with Crippen LogP contribution in [0.5, 0.6) is 5.75 Å². The highest BCUT2D eigenvalue weighted by Gasteiger charge is 2.09. The van der Waals surface area contributed by atoms with E-state index in [1.807, 2.05) is 0 Å². The molecule has 76 valence electrons. The maximum Gasteiger partial charge on any atom is 0.387 e. The van der Waals surface area contributed by atoms with Gasteiger partial charge in [0.05, 0.1) is 0 Å². The minimum atomic E-state index is -3.01. The van der Waals surface area contributed by atoms with Gasteiger partial charge in [0.25, 0.3) is 0 Å². The van der Waals surface area contributed by atoms with Crippen molar-refractivity contribution in [1.29, 1.82) is 0 Å². The molecule has 4 heteroatoms. The van der Waals surface area contributed by atoms with E-state index in [0.717, 1.165) is 6.07 Å². The molecule has 0 bridgehead atoms. The van der Waals surface area contributed by atoms with Crippen molar-refractivity contribution in [3.8, 4) is 5.75 Å². The van der Waals surface area contributed by atoms with E-state index < -0.39 is 18.2 Å². The van der Waals surface area contributed by atoms with Gasteiger partial charge in [0.15, 0.2) is 11.6 Å². The van der Waals surface area contributed by atoms with E-state index in [2.05, 4.69) is 11.3 Å². The molecule has 0 aliphatic carbocycles. The zero-order valence-electron chi connectivity index (χ0n) is 7.34. The molecule has 1 aromatic rings. The van der Waals surface area contributed by atoms with Crippen molar-refractivity contribution in [2.45, 2.75) is 13.0 Å². The fraction of sp³-hybridized carbons (Fsp3) is 0.200. The highest BCUT2D eigenvalue weighted by atomic mass is 19.3. The summed E-state index contributed by atoms with van der Waals surface area (Å²) >= 11 is 0. The van der Waals surface area contributed by atoms with Gasteiger partial charge in [-0.3, -0.25) is 0 Å². The Morgan fingerprint density at radius 3 is 2.71 bits per heavy atom. The zero-order chi connectivity index (χ0) is 10.6. The van der Waals surface area contributed by atoms with Crippen LogP contribution >= 0.6 is 0 Å². The molecule has 0 atom stereocenters. The number of hydrogen-bond donors (Lipinski definition) is 0. The fourth-order valence-corrected chi connectivity index (χ4v) is 1.03. The third kappa shape index (κ3) is 2.80. The van der Waals surface area contributed by atoms with Gasteiger partial charge in [0.2, 0.25) is 0 Å². The van der Waals surface area contributed by atoms with Gasteiger partial charge in [0, 0.05) is 0 Å². The Balaban J connectivity index is 2.89. The molecule has 0 spiro atoms. The van der Waals surface area contributed by atoms with Crippen molar-refractivity contribution in [2.75, 3.05) is 0 Å². The summed E-state index contributed by atoms with van der Waals surface area (Å²) in [6.07, 6.45) is 2.08. The van der Waals surface area contributed by atoms with Gasteiger partial charge < -0.3 is 4.74 Å². The van der Waals surface area contributed by atoms with Crippen LogP contribution < -0.4 is 4.74 Å². The minimum Gasteiger partial charge on any atom is -0.432 e. The monoisotopic (exact) mass is 202 g/mol. The summed E-state index contributed by atoms with van der Waals surface area (Å²) in [4.78, 5) is 0. The predicted octanol–water partition coefficient (Wildman–Crippen LogP) is 3.16. The zero-order valence-corrected chi connectivity index (χ0v) is 7.34. The Labute approximate surface area is 79.8 Å². The van der Waals surface area contributed by atoms with Crippen LogP contribution in [-0.2, 0) is 6.42 Å². The standard InChI is InChI=1S/C10H9F3O/c1-2-3-7-4-5-8(11)9(6-7)14-10(12)13/h2,4-6,10H,1,3H2. The lowest BCUT2D eigenvalue weighted by Crippen LogP contribution is -2.04. The number of hydrogen-bond acceptors (Lipinski definition) is 1. The molecule has 0 radical (unpaired) electrons. The van der Waals surface area contributed by atoms with E-state index in [1.165, 1.54) is 12.1 Å². The SMILES string of the molecule is C=CCc1ccc(F)c(OC(F)F)c1. The van der Waals surface area contributed by atoms with Gasteiger partial charge in [-0.05, 0) is 24.1 Å². The van der Waals surface area contributed by atoms with Gasteiger partial charge in [-0.1, -0.05) is 12.1 Å². The first kappa shape index (κ1) is 10.6. The van der Waals surface area contributed by atoms with E-state index in [0.29, 0.717) is 12.0 Å². The number of allylic oxidation sites excluding steroid dienone is 1. The highest BCUT2D eigenvalue weighted by Crippen LogP contribution is 2.21. The number of ether oxygens (including phenoxy) is 1. The van der Waals surface area contributed by atoms with Crippen LogP contribution in [-0.4, -0.2) is 6.61 Å². The molecule has 1 nitrogen and oxygen atoms in total. The molecule has 1 aromatic carbocycles. The van der Waals surface area contributed by atoms with Crippen LogP contribution in [0.25, 0.3) is 0 Å². The van der Waals surface area contributed by atoms with Crippen LogP contribution in [0.15, 0.2) is 30.9 Å². The van der Waals surface area contributed by atoms with Crippen molar-refractivity contribution < 1.29 is 17.9 Å². The molecule has 0 aliphatic heterocycles. The summed E-state index contributed by atoms with van der Waals surface area (Å²) in [6.45, 7) is 0.476. The van der Waals surface area contributed by atoms with E-state index in [-0.39, 0.29) is 0 Å². The third-order valence-corrected chi connectivity index (χ3v) is 1.59. The van der Waals surface area contributed by atoms with E-state index in [1.54, 1.807) is 6.08 Å². The molecule has 0 unspecified atom stereocenters. The molecule has 0 N–H and O–H groups in total. The molecular formula is C10H9F3O. The van der Waals surface area contributed by atoms with Crippen LogP contribution in [0, 0.1) is 5.82 Å². The molecule has 0 saturated carbocycles. The number of alkyl halides is 2. The Hall–Kier alpha value is -1.45. The van der Waals surface area contributed by atoms with Gasteiger partial charge in [-0.25, -0.2) is 4.39 Å². The van der Waals surface area contributed by atoms with Crippen molar-refractivity contribution in [3.05, 3.63) is 42.2 Å². The van der Waals surface area contributed by atoms with Gasteiger partial charge in [0.1, 0.15) is 0 Å². The van der Waals surface area contributed by atoms with Crippen LogP contribution in [0.2, 0.25) is 0 Å². The molecule has 0 aliphatic rings. The lowest BCUT2D eigenvalue weighted by molar-refractivity contribution is -0.0522. The van der Waals surface area contributed by atoms with Crippen LogP contribution in [0.4, 0.5) is 13.2 Å². The van der Waals surface area contributed by atoms with Gasteiger partial charge in [-0.2, -0.15) is 8.78 Å². The normalized spacial score (nSPS) is 10.3. The summed E-state index contributed by atoms with van der Waals surface area (Å²) in [5.74, 6) is -1.22. The van der Waals surface area contributed by atoms with Crippen molar-refractivity contribution >= 4 is 0 Å². The quantitative estimate of drug-likeness (QED) is 0.681. The van der Waals surface area contributed by atoms with Crippen LogP contribution in [0.3, 0.4) is 0 Å². The molecule has 0 fully saturated rings. The molecule has 0 saturated heterocycles. The first-order valence-electron chi connectivity index (χ1n) is 3.97. The largest absolute Gasteiger partial charge is 0.432 e. The summed E-state index contributed by atoms with van der Waals surface area (Å²) in [7, 11) is 0. The summed E-state index contributed by atoms with van der Waals surface area (Å²) < 4.78 is 40.5. The van der Waals surface area contributed by atoms with Crippen molar-refractivity contribution in [1.82, 2.24) is 0 Å². The molecule has 0 heterocycles. The first-order valence-corrected chi connectivity index (χ1v) is 3.97. The van der Waals surface area contributed by atoms with Gasteiger partial charge >= 0.3 is 6.61 Å². The average Bonchev–Trinajstić information content (AvgIpc) is 2.10. The lowest BCUT2D eigenvalue weighted by Gasteiger charge is -2.06. The molecule has 0 amide bonds. The summed E-state index contributed by atoms with van der Waals surface area (Å²) in [6, 6.07) is 3.83. The fourth-order valence-electron chi connectivity index (χ4n) is 1.03. The Morgan fingerprint density at radius 2 is 2.14 bits per heavy atom. The maximum absolute atomic E-state index is 12.9. The molecule has 0 aromatic heterocycles. The third-order valence-electron chi connectivity index (χ3n) is 1.59. The molecule has 14 heavy (non-hydrogen) atoms. The summed E-state index contributed by atoms with van der Waals surface area (Å²) in [5, 5.41) is 0. The number of benzene rings is 1. The van der Waals surface area contributed by atoms with Gasteiger partial charge in [-0.15, -0.1) is 6.58 Å². The van der Waals surface area contributed by atoms with E-state index >= 15 is 0 Å². The molecular weight excluding hydrogens is 193 g/mol. The van der Waals surface area contributed by atoms with Crippen LogP contribution in [0.1, 0.15) is 5.56 Å². The predicted molar refractivity (Wildman–Crippen MR) is 46.9 cm³/mol. The second-order valence-corrected chi connectivity index (χ2v) is 2.64. The van der Waals surface area contributed by atoms with Crippen molar-refractivity contribution in [2.24, 2.45) is 0 Å². The van der Waals surface area contributed by atoms with Crippen molar-refractivity contribution in [3.63, 3.8) is 0 Å². The maximum atomic E-state index is 12.9. The Kier molecular flexibility index (Phi) is 3.56. The molecule has 1 rings (SSSR count). The lowest BCUT2D eigenvalue weighted by atomic mass is 10.1. The smallest absolute Gasteiger partial charge is 0.387 e. The number of rotatable bonds is 4. The Bertz CT molecular complexity index is 323. The topological polar surface area (TPSA) is 9.23 Å². The second kappa shape index (κ2) is 4.69.